The summed E-state index contributed by atoms with van der Waals surface area (Å²) >= 11 is 13.4. The molecule has 2 heterocycles. The summed E-state index contributed by atoms with van der Waals surface area (Å²) in [6.45, 7) is 1.93. The lowest BCUT2D eigenvalue weighted by atomic mass is 10.1. The highest BCUT2D eigenvalue weighted by molar-refractivity contribution is 8.16. The Morgan fingerprint density at radius 3 is 2.55 bits per heavy atom. The molecule has 0 unspecified atom stereocenters. The molecule has 0 aliphatic carbocycles. The number of aliphatic imine (C=N–C) groups is 1. The minimum absolute atomic E-state index is 0.0427. The maximum absolute atomic E-state index is 12.6. The van der Waals surface area contributed by atoms with Crippen molar-refractivity contribution in [3.8, 4) is 0 Å². The molecule has 0 N–H and O–H groups in total. The molecular formula is C20H18Cl2N2O3S2. The van der Waals surface area contributed by atoms with Crippen molar-refractivity contribution < 1.29 is 13.2 Å². The number of rotatable bonds is 3. The lowest BCUT2D eigenvalue weighted by molar-refractivity contribution is -0.117. The fourth-order valence-electron chi connectivity index (χ4n) is 3.61. The highest BCUT2D eigenvalue weighted by Crippen LogP contribution is 2.42. The second kappa shape index (κ2) is 7.95. The molecule has 152 valence electrons. The van der Waals surface area contributed by atoms with Crippen molar-refractivity contribution >= 4 is 61.6 Å². The lowest BCUT2D eigenvalue weighted by Gasteiger charge is -2.26. The van der Waals surface area contributed by atoms with E-state index in [1.165, 1.54) is 11.8 Å². The van der Waals surface area contributed by atoms with E-state index in [4.69, 9.17) is 23.2 Å². The largest absolute Gasteiger partial charge is 0.315 e. The number of sulfone groups is 1. The van der Waals surface area contributed by atoms with Gasteiger partial charge in [0.1, 0.15) is 0 Å². The fourth-order valence-corrected chi connectivity index (χ4v) is 7.83. The first-order valence-corrected chi connectivity index (χ1v) is 12.5. The molecule has 2 atom stereocenters. The fraction of sp³-hybridized carbons (Fsp3) is 0.300. The number of aryl methyl sites for hydroxylation is 1. The first-order valence-electron chi connectivity index (χ1n) is 9.00. The number of carbonyl (C=O) groups is 1. The lowest BCUT2D eigenvalue weighted by Crippen LogP contribution is -2.38. The van der Waals surface area contributed by atoms with Gasteiger partial charge in [-0.25, -0.2) is 8.42 Å². The summed E-state index contributed by atoms with van der Waals surface area (Å²) in [6.07, 6.45) is 0.150. The van der Waals surface area contributed by atoms with Crippen LogP contribution < -0.4 is 4.90 Å². The van der Waals surface area contributed by atoms with Gasteiger partial charge in [-0.3, -0.25) is 4.79 Å². The monoisotopic (exact) mass is 468 g/mol. The zero-order chi connectivity index (χ0) is 20.8. The van der Waals surface area contributed by atoms with Gasteiger partial charge in [0.05, 0.1) is 24.0 Å². The van der Waals surface area contributed by atoms with Crippen LogP contribution in [0.2, 0.25) is 10.0 Å². The number of thioether (sulfide) groups is 1. The topological polar surface area (TPSA) is 66.8 Å². The summed E-state index contributed by atoms with van der Waals surface area (Å²) in [5.74, 6) is -0.161. The average molecular weight is 469 g/mol. The summed E-state index contributed by atoms with van der Waals surface area (Å²) in [6, 6.07) is 12.3. The standard InChI is InChI=1S/C20H18Cl2N2O3S2/c1-12-2-5-15(22)9-16(12)24-17-10-29(26,27)11-18(17)28-20(24)23-19(25)8-13-3-6-14(21)7-4-13/h2-7,9,17-18H,8,10-11H2,1H3/t17-,18-/m1/s1. The third-order valence-electron chi connectivity index (χ3n) is 4.99. The Labute approximate surface area is 184 Å². The second-order valence-corrected chi connectivity index (χ2v) is 11.4. The molecule has 2 fully saturated rings. The zero-order valence-corrected chi connectivity index (χ0v) is 18.7. The predicted molar refractivity (Wildman–Crippen MR) is 120 cm³/mol. The third-order valence-corrected chi connectivity index (χ3v) is 8.68. The van der Waals surface area contributed by atoms with Crippen molar-refractivity contribution in [3.05, 3.63) is 63.6 Å². The molecular weight excluding hydrogens is 451 g/mol. The van der Waals surface area contributed by atoms with Crippen LogP contribution in [0, 0.1) is 6.92 Å². The molecule has 5 nitrogen and oxygen atoms in total. The number of fused-ring (bicyclic) bond motifs is 1. The first-order chi connectivity index (χ1) is 13.7. The van der Waals surface area contributed by atoms with Crippen molar-refractivity contribution in [2.24, 2.45) is 4.99 Å². The summed E-state index contributed by atoms with van der Waals surface area (Å²) in [5.41, 5.74) is 2.55. The van der Waals surface area contributed by atoms with Gasteiger partial charge in [-0.2, -0.15) is 4.99 Å². The van der Waals surface area contributed by atoms with Crippen LogP contribution in [0.3, 0.4) is 0 Å². The van der Waals surface area contributed by atoms with E-state index in [9.17, 15) is 13.2 Å². The number of amidine groups is 1. The number of carbonyl (C=O) groups excluding carboxylic acids is 1. The molecule has 0 aromatic heterocycles. The zero-order valence-electron chi connectivity index (χ0n) is 15.5. The summed E-state index contributed by atoms with van der Waals surface area (Å²) < 4.78 is 24.4. The quantitative estimate of drug-likeness (QED) is 0.676. The maximum atomic E-state index is 12.6. The smallest absolute Gasteiger partial charge is 0.252 e. The van der Waals surface area contributed by atoms with E-state index in [0.717, 1.165) is 16.8 Å². The second-order valence-electron chi connectivity index (χ2n) is 7.19. The van der Waals surface area contributed by atoms with E-state index in [1.807, 2.05) is 17.9 Å². The van der Waals surface area contributed by atoms with E-state index in [-0.39, 0.29) is 35.1 Å². The van der Waals surface area contributed by atoms with Crippen molar-refractivity contribution in [1.29, 1.82) is 0 Å². The van der Waals surface area contributed by atoms with Crippen molar-refractivity contribution in [2.75, 3.05) is 16.4 Å². The molecule has 2 aliphatic heterocycles. The van der Waals surface area contributed by atoms with Crippen molar-refractivity contribution in [2.45, 2.75) is 24.6 Å². The number of anilines is 1. The van der Waals surface area contributed by atoms with Crippen LogP contribution in [0.4, 0.5) is 5.69 Å². The molecule has 4 rings (SSSR count). The van der Waals surface area contributed by atoms with Gasteiger partial charge in [-0.1, -0.05) is 53.2 Å². The summed E-state index contributed by atoms with van der Waals surface area (Å²) in [5, 5.41) is 1.53. The average Bonchev–Trinajstić information content (AvgIpc) is 3.10. The number of hydrogen-bond donors (Lipinski definition) is 0. The molecule has 0 spiro atoms. The molecule has 0 bridgehead atoms. The van der Waals surface area contributed by atoms with Crippen LogP contribution in [-0.2, 0) is 21.1 Å². The molecule has 0 saturated carbocycles. The number of benzene rings is 2. The Morgan fingerprint density at radius 2 is 1.83 bits per heavy atom. The Balaban J connectivity index is 1.67. The Kier molecular flexibility index (Phi) is 5.68. The van der Waals surface area contributed by atoms with E-state index >= 15 is 0 Å². The molecule has 29 heavy (non-hydrogen) atoms. The molecule has 2 aromatic carbocycles. The molecule has 1 amide bonds. The van der Waals surface area contributed by atoms with Gasteiger partial charge in [-0.05, 0) is 42.3 Å². The Morgan fingerprint density at radius 1 is 1.14 bits per heavy atom. The highest BCUT2D eigenvalue weighted by atomic mass is 35.5. The van der Waals surface area contributed by atoms with Gasteiger partial charge < -0.3 is 4.90 Å². The van der Waals surface area contributed by atoms with E-state index in [0.29, 0.717) is 15.2 Å². The molecule has 2 aromatic rings. The first kappa shape index (κ1) is 20.7. The molecule has 9 heteroatoms. The third kappa shape index (κ3) is 4.48. The summed E-state index contributed by atoms with van der Waals surface area (Å²) in [7, 11) is -3.12. The molecule has 0 radical (unpaired) electrons. The number of amides is 1. The van der Waals surface area contributed by atoms with E-state index in [2.05, 4.69) is 4.99 Å². The van der Waals surface area contributed by atoms with E-state index in [1.54, 1.807) is 36.4 Å². The van der Waals surface area contributed by atoms with Crippen molar-refractivity contribution in [3.63, 3.8) is 0 Å². The minimum atomic E-state index is -3.12. The van der Waals surface area contributed by atoms with Crippen LogP contribution in [0.15, 0.2) is 47.5 Å². The number of nitrogens with zero attached hydrogens (tertiary/aromatic N) is 2. The van der Waals surface area contributed by atoms with Gasteiger partial charge >= 0.3 is 0 Å². The van der Waals surface area contributed by atoms with Crippen molar-refractivity contribution in [1.82, 2.24) is 0 Å². The normalized spacial score (nSPS) is 24.1. The number of halogens is 2. The minimum Gasteiger partial charge on any atom is -0.315 e. The van der Waals surface area contributed by atoms with Gasteiger partial charge in [0.25, 0.3) is 5.91 Å². The van der Waals surface area contributed by atoms with Gasteiger partial charge in [0, 0.05) is 21.0 Å². The van der Waals surface area contributed by atoms with Gasteiger partial charge in [0.15, 0.2) is 15.0 Å². The maximum Gasteiger partial charge on any atom is 0.252 e. The van der Waals surface area contributed by atoms with Gasteiger partial charge in [0.2, 0.25) is 0 Å². The van der Waals surface area contributed by atoms with Crippen LogP contribution in [0.5, 0.6) is 0 Å². The SMILES string of the molecule is Cc1ccc(Cl)cc1N1C(=NC(=O)Cc2ccc(Cl)cc2)S[C@@H]2CS(=O)(=O)C[C@H]21. The highest BCUT2D eigenvalue weighted by Gasteiger charge is 2.49. The predicted octanol–water partition coefficient (Wildman–Crippen LogP) is 4.15. The van der Waals surface area contributed by atoms with Crippen LogP contribution in [0.25, 0.3) is 0 Å². The summed E-state index contributed by atoms with van der Waals surface area (Å²) in [4.78, 5) is 18.8. The van der Waals surface area contributed by atoms with Gasteiger partial charge in [-0.15, -0.1) is 0 Å². The molecule has 2 saturated heterocycles. The Bertz CT molecular complexity index is 1100. The molecule has 2 aliphatic rings. The van der Waals surface area contributed by atoms with Crippen LogP contribution in [0.1, 0.15) is 11.1 Å². The van der Waals surface area contributed by atoms with E-state index < -0.39 is 9.84 Å². The number of hydrogen-bond acceptors (Lipinski definition) is 4. The Hall–Kier alpha value is -1.54. The van der Waals surface area contributed by atoms with Crippen LogP contribution in [-0.4, -0.2) is 42.3 Å². The van der Waals surface area contributed by atoms with Crippen LogP contribution >= 0.6 is 35.0 Å².